The first kappa shape index (κ1) is 35.4. The first-order valence-corrected chi connectivity index (χ1v) is 9.70. The number of halogens is 1. The Labute approximate surface area is 166 Å². The van der Waals surface area contributed by atoms with Gasteiger partial charge in [0, 0.05) is 4.28 Å². The van der Waals surface area contributed by atoms with Crippen LogP contribution < -0.4 is 6.15 Å². The lowest BCUT2D eigenvalue weighted by molar-refractivity contribution is 0.346. The second kappa shape index (κ2) is 28.1. The maximum absolute atomic E-state index is 2.31. The van der Waals surface area contributed by atoms with E-state index in [0.717, 1.165) is 11.8 Å². The summed E-state index contributed by atoms with van der Waals surface area (Å²) in [5, 5.41) is 0. The number of rotatable bonds is 0. The van der Waals surface area contributed by atoms with Crippen molar-refractivity contribution in [1.82, 2.24) is 6.15 Å². The van der Waals surface area contributed by atoms with E-state index in [1.54, 1.807) is 0 Å². The molecule has 0 aromatic rings. The van der Waals surface area contributed by atoms with Gasteiger partial charge in [-0.15, -0.1) is 0 Å². The smallest absolute Gasteiger partial charge is 0 e. The molecule has 3 N–H and O–H groups in total. The van der Waals surface area contributed by atoms with Crippen LogP contribution in [-0.4, -0.2) is 0 Å². The summed E-state index contributed by atoms with van der Waals surface area (Å²) in [6.07, 6.45) is 20.7. The molecule has 0 unspecified atom stereocenters. The Morgan fingerprint density at radius 3 is 0.792 bits per heavy atom. The fourth-order valence-corrected chi connectivity index (χ4v) is 1.28. The van der Waals surface area contributed by atoms with E-state index >= 15 is 0 Å². The molecule has 4 rings (SSSR count). The first-order valence-electron chi connectivity index (χ1n) is 9.70. The van der Waals surface area contributed by atoms with E-state index < -0.39 is 0 Å². The molecular weight excluding hydrogens is 317 g/mol. The lowest BCUT2D eigenvalue weighted by atomic mass is 9.88. The topological polar surface area (TPSA) is 35.0 Å². The van der Waals surface area contributed by atoms with E-state index in [-0.39, 0.29) is 36.1 Å². The van der Waals surface area contributed by atoms with Gasteiger partial charge in [0.05, 0.1) is 0 Å². The van der Waals surface area contributed by atoms with E-state index in [2.05, 4.69) is 27.7 Å². The van der Waals surface area contributed by atoms with Crippen LogP contribution in [0.3, 0.4) is 0 Å². The van der Waals surface area contributed by atoms with Crippen LogP contribution in [0, 0.1) is 11.8 Å². The zero-order valence-electron chi connectivity index (χ0n) is 16.7. The van der Waals surface area contributed by atoms with Crippen LogP contribution in [0.4, 0.5) is 4.70 Å². The average molecular weight is 376 g/mol. The van der Waals surface area contributed by atoms with Crippen molar-refractivity contribution in [3.8, 4) is 0 Å². The maximum atomic E-state index is 2.31. The molecule has 0 radical (unpaired) electrons. The third kappa shape index (κ3) is 33.8. The second-order valence-corrected chi connectivity index (χ2v) is 7.25. The van der Waals surface area contributed by atoms with Gasteiger partial charge in [-0.1, -0.05) is 125 Å². The zero-order valence-corrected chi connectivity index (χ0v) is 17.7. The van der Waals surface area contributed by atoms with E-state index in [4.69, 9.17) is 0 Å². The van der Waals surface area contributed by atoms with E-state index in [0.29, 0.717) is 0 Å². The molecule has 4 saturated carbocycles. The largest absolute Gasteiger partial charge is 0.344 e. The lowest BCUT2D eigenvalue weighted by Gasteiger charge is -2.18. The van der Waals surface area contributed by atoms with Gasteiger partial charge in [0.1, 0.15) is 0 Å². The van der Waals surface area contributed by atoms with Crippen LogP contribution in [-0.2, 0) is 0 Å². The van der Waals surface area contributed by atoms with Gasteiger partial charge in [-0.2, -0.15) is 13.5 Å². The summed E-state index contributed by atoms with van der Waals surface area (Å²) in [4.78, 5) is 0. The van der Waals surface area contributed by atoms with Crippen LogP contribution in [0.5, 0.6) is 0 Å². The molecule has 0 heterocycles. The molecule has 0 atom stereocenters. The summed E-state index contributed by atoms with van der Waals surface area (Å²) in [6, 6.07) is 0. The predicted molar refractivity (Wildman–Crippen MR) is 125 cm³/mol. The Kier molecular flexibility index (Phi) is 41.3. The third-order valence-electron chi connectivity index (χ3n) is 4.26. The standard InChI is InChI=1S/C5H10.3C4H8.C3H8.CH4.FH.H3N.H2S.3H2/c1-5-3-2-4-5;1-4-2-3-4;2*1-2-4-3-1;1-3-2;;;;;;;/h5H,2-4H2,1H3;4H,2-3H2,1H3;2*1-4H2;3H2,1-2H3;1H4;1H;1H3;1H2;3*1H. The zero-order chi connectivity index (χ0) is 15.1. The van der Waals surface area contributed by atoms with Crippen molar-refractivity contribution in [1.29, 1.82) is 0 Å². The number of hydrogen-bond acceptors (Lipinski definition) is 1. The van der Waals surface area contributed by atoms with Crippen LogP contribution in [0.25, 0.3) is 0 Å². The summed E-state index contributed by atoms with van der Waals surface area (Å²) in [7, 11) is 0. The van der Waals surface area contributed by atoms with Gasteiger partial charge >= 0.3 is 0 Å². The van der Waals surface area contributed by atoms with Gasteiger partial charge in [-0.3, -0.25) is 4.70 Å². The highest BCUT2D eigenvalue weighted by Crippen LogP contribution is 2.26. The summed E-state index contributed by atoms with van der Waals surface area (Å²) in [5.74, 6) is 2.15. The van der Waals surface area contributed by atoms with Gasteiger partial charge in [0.15, 0.2) is 0 Å². The fourth-order valence-electron chi connectivity index (χ4n) is 1.28. The molecule has 0 spiro atoms. The van der Waals surface area contributed by atoms with Gasteiger partial charge in [0.2, 0.25) is 0 Å². The Bertz CT molecular complexity index is 172. The van der Waals surface area contributed by atoms with E-state index in [1.165, 1.54) is 89.9 Å². The molecule has 0 saturated heterocycles. The van der Waals surface area contributed by atoms with Gasteiger partial charge in [-0.25, -0.2) is 0 Å². The van der Waals surface area contributed by atoms with Crippen molar-refractivity contribution < 1.29 is 8.98 Å². The molecule has 0 aromatic heterocycles. The molecule has 3 heteroatoms. The minimum Gasteiger partial charge on any atom is -0.344 e. The minimum absolute atomic E-state index is 0. The molecule has 4 aliphatic carbocycles. The summed E-state index contributed by atoms with van der Waals surface area (Å²) in [5.41, 5.74) is 0. The van der Waals surface area contributed by atoms with Crippen molar-refractivity contribution in [2.45, 2.75) is 125 Å². The summed E-state index contributed by atoms with van der Waals surface area (Å²) in [6.45, 7) is 8.84. The Morgan fingerprint density at radius 1 is 0.625 bits per heavy atom. The monoisotopic (exact) mass is 375 g/mol. The lowest BCUT2D eigenvalue weighted by Crippen LogP contribution is -2.04. The van der Waals surface area contributed by atoms with Crippen LogP contribution in [0.15, 0.2) is 0 Å². The molecule has 4 aliphatic rings. The van der Waals surface area contributed by atoms with Crippen molar-refractivity contribution >= 4 is 13.5 Å². The average Bonchev–Trinajstić information content (AvgIpc) is 2.94. The van der Waals surface area contributed by atoms with Gasteiger partial charge in [0.25, 0.3) is 0 Å². The highest BCUT2D eigenvalue weighted by atomic mass is 32.1. The van der Waals surface area contributed by atoms with E-state index in [1.807, 2.05) is 0 Å². The summed E-state index contributed by atoms with van der Waals surface area (Å²) >= 11 is 0. The third-order valence-corrected chi connectivity index (χ3v) is 4.26. The summed E-state index contributed by atoms with van der Waals surface area (Å²) < 4.78 is 0. The molecule has 24 heavy (non-hydrogen) atoms. The second-order valence-electron chi connectivity index (χ2n) is 7.25. The molecule has 160 valence electrons. The Hall–Kier alpha value is 0.240. The highest BCUT2D eigenvalue weighted by molar-refractivity contribution is 7.59. The van der Waals surface area contributed by atoms with Crippen molar-refractivity contribution in [2.75, 3.05) is 0 Å². The van der Waals surface area contributed by atoms with Crippen LogP contribution in [0.1, 0.15) is 129 Å². The van der Waals surface area contributed by atoms with Gasteiger partial charge in [-0.05, 0) is 11.8 Å². The predicted octanol–water partition coefficient (Wildman–Crippen LogP) is 9.56. The molecule has 0 bridgehead atoms. The van der Waals surface area contributed by atoms with E-state index in [9.17, 15) is 0 Å². The Balaban J connectivity index is -0.0000000264. The molecular formula is C21H58FNS. The van der Waals surface area contributed by atoms with Crippen molar-refractivity contribution in [3.63, 3.8) is 0 Å². The number of hydrogen-bond donors (Lipinski definition) is 1. The Morgan fingerprint density at radius 2 is 0.792 bits per heavy atom. The quantitative estimate of drug-likeness (QED) is 0.449. The minimum atomic E-state index is 0. The first-order chi connectivity index (χ1) is 9.70. The fraction of sp³-hybridized carbons (Fsp3) is 1.00. The molecule has 1 nitrogen and oxygen atoms in total. The van der Waals surface area contributed by atoms with Crippen molar-refractivity contribution in [3.05, 3.63) is 0 Å². The normalized spacial score (nSPS) is 18.5. The van der Waals surface area contributed by atoms with Crippen LogP contribution in [0.2, 0.25) is 0 Å². The SMILES string of the molecule is C.C1CCC1.C1CCC1.CC1CC1.CC1CCC1.CCC.F.N.S.[HH].[HH].[HH]. The highest BCUT2D eigenvalue weighted by Gasteiger charge is 2.12. The van der Waals surface area contributed by atoms with Gasteiger partial charge < -0.3 is 6.15 Å². The molecule has 0 aromatic carbocycles. The maximum Gasteiger partial charge on any atom is 0 e. The molecule has 0 amide bonds. The van der Waals surface area contributed by atoms with Crippen LogP contribution >= 0.6 is 13.5 Å². The molecule has 4 fully saturated rings. The molecule has 0 aliphatic heterocycles. The van der Waals surface area contributed by atoms with Crippen molar-refractivity contribution in [2.24, 2.45) is 11.8 Å².